The highest BCUT2D eigenvalue weighted by Gasteiger charge is 1.95. The molecule has 3 nitrogen and oxygen atoms in total. The quantitative estimate of drug-likeness (QED) is 0.573. The van der Waals surface area contributed by atoms with E-state index in [9.17, 15) is 0 Å². The number of hydrogen-bond acceptors (Lipinski definition) is 3. The van der Waals surface area contributed by atoms with Crippen molar-refractivity contribution in [1.82, 2.24) is 4.90 Å². The monoisotopic (exact) mass is 156 g/mol. The Balaban J connectivity index is 3.05. The molecule has 0 aromatic rings. The molecule has 0 aromatic carbocycles. The van der Waals surface area contributed by atoms with Crippen LogP contribution in [-0.2, 0) is 0 Å². The van der Waals surface area contributed by atoms with Gasteiger partial charge < -0.3 is 10.0 Å². The first-order valence-corrected chi connectivity index (χ1v) is 3.97. The summed E-state index contributed by atoms with van der Waals surface area (Å²) in [5.41, 5.74) is 0. The van der Waals surface area contributed by atoms with Gasteiger partial charge in [0.05, 0.1) is 12.7 Å². The van der Waals surface area contributed by atoms with Crippen molar-refractivity contribution >= 4 is 0 Å². The normalized spacial score (nSPS) is 10.0. The first-order chi connectivity index (χ1) is 5.31. The van der Waals surface area contributed by atoms with Gasteiger partial charge in [0.2, 0.25) is 0 Å². The van der Waals surface area contributed by atoms with Gasteiger partial charge in [-0.1, -0.05) is 0 Å². The topological polar surface area (TPSA) is 47.3 Å². The second kappa shape index (κ2) is 7.52. The zero-order chi connectivity index (χ0) is 8.53. The van der Waals surface area contributed by atoms with Crippen LogP contribution in [0.3, 0.4) is 0 Å². The van der Waals surface area contributed by atoms with Gasteiger partial charge in [-0.3, -0.25) is 0 Å². The van der Waals surface area contributed by atoms with Crippen LogP contribution >= 0.6 is 0 Å². The fraction of sp³-hybridized carbons (Fsp3) is 0.875. The van der Waals surface area contributed by atoms with E-state index in [1.165, 1.54) is 0 Å². The number of nitrogens with zero attached hydrogens (tertiary/aromatic N) is 2. The molecule has 0 radical (unpaired) electrons. The van der Waals surface area contributed by atoms with Crippen LogP contribution in [0.15, 0.2) is 0 Å². The second-order valence-corrected chi connectivity index (χ2v) is 2.64. The summed E-state index contributed by atoms with van der Waals surface area (Å²) in [5.74, 6) is 0. The maximum absolute atomic E-state index is 8.55. The van der Waals surface area contributed by atoms with Gasteiger partial charge in [0, 0.05) is 13.0 Å². The third kappa shape index (κ3) is 7.31. The minimum Gasteiger partial charge on any atom is -0.395 e. The molecular weight excluding hydrogens is 140 g/mol. The Kier molecular flexibility index (Phi) is 7.11. The molecule has 1 N–H and O–H groups in total. The summed E-state index contributed by atoms with van der Waals surface area (Å²) in [7, 11) is 1.97. The van der Waals surface area contributed by atoms with E-state index in [1.54, 1.807) is 0 Å². The molecule has 0 unspecified atom stereocenters. The predicted octanol–water partition coefficient (Wildman–Crippen LogP) is 0.604. The van der Waals surface area contributed by atoms with Crippen LogP contribution in [0.4, 0.5) is 0 Å². The van der Waals surface area contributed by atoms with Gasteiger partial charge in [0.1, 0.15) is 0 Å². The molecule has 0 aliphatic carbocycles. The van der Waals surface area contributed by atoms with Crippen LogP contribution in [0.1, 0.15) is 19.3 Å². The molecule has 0 spiro atoms. The Bertz CT molecular complexity index is 120. The summed E-state index contributed by atoms with van der Waals surface area (Å²) >= 11 is 0. The Labute approximate surface area is 68.2 Å². The van der Waals surface area contributed by atoms with E-state index in [0.29, 0.717) is 6.42 Å². The van der Waals surface area contributed by atoms with Crippen molar-refractivity contribution in [3.8, 4) is 6.07 Å². The van der Waals surface area contributed by atoms with Crippen molar-refractivity contribution in [2.75, 3.05) is 26.7 Å². The number of hydrogen-bond donors (Lipinski definition) is 1. The van der Waals surface area contributed by atoms with Crippen molar-refractivity contribution in [2.45, 2.75) is 19.3 Å². The van der Waals surface area contributed by atoms with E-state index in [0.717, 1.165) is 25.9 Å². The van der Waals surface area contributed by atoms with Gasteiger partial charge in [-0.25, -0.2) is 0 Å². The molecule has 0 heterocycles. The van der Waals surface area contributed by atoms with E-state index in [1.807, 2.05) is 7.05 Å². The summed E-state index contributed by atoms with van der Waals surface area (Å²) in [5, 5.41) is 16.8. The number of likely N-dealkylation sites (N-methyl/N-ethyl adjacent to an activating group) is 1. The molecule has 3 heteroatoms. The Morgan fingerprint density at radius 1 is 1.36 bits per heavy atom. The summed E-state index contributed by atoms with van der Waals surface area (Å²) in [6.07, 6.45) is 2.66. The molecule has 0 amide bonds. The lowest BCUT2D eigenvalue weighted by Gasteiger charge is -2.13. The van der Waals surface area contributed by atoms with Crippen LogP contribution in [0.5, 0.6) is 0 Å². The third-order valence-corrected chi connectivity index (χ3v) is 1.56. The van der Waals surface area contributed by atoms with Crippen molar-refractivity contribution in [1.29, 1.82) is 5.26 Å². The summed E-state index contributed by atoms with van der Waals surface area (Å²) in [6.45, 7) is 1.92. The van der Waals surface area contributed by atoms with Crippen LogP contribution in [-0.4, -0.2) is 36.8 Å². The van der Waals surface area contributed by atoms with Crippen LogP contribution in [0, 0.1) is 11.3 Å². The number of rotatable bonds is 6. The fourth-order valence-corrected chi connectivity index (χ4v) is 0.868. The highest BCUT2D eigenvalue weighted by Crippen LogP contribution is 1.95. The van der Waals surface area contributed by atoms with Gasteiger partial charge in [-0.15, -0.1) is 0 Å². The molecule has 0 saturated heterocycles. The average Bonchev–Trinajstić information content (AvgIpc) is 1.99. The molecule has 0 aliphatic rings. The third-order valence-electron chi connectivity index (χ3n) is 1.56. The summed E-state index contributed by atoms with van der Waals surface area (Å²) in [6, 6.07) is 2.11. The number of aliphatic hydroxyl groups is 1. The van der Waals surface area contributed by atoms with Crippen LogP contribution in [0.2, 0.25) is 0 Å². The van der Waals surface area contributed by atoms with Gasteiger partial charge in [-0.05, 0) is 26.4 Å². The van der Waals surface area contributed by atoms with Crippen molar-refractivity contribution < 1.29 is 5.11 Å². The Morgan fingerprint density at radius 3 is 2.64 bits per heavy atom. The standard InChI is InChI=1S/C8H16N2O/c1-10(7-8-11)6-4-2-3-5-9/h11H,2-4,6-8H2,1H3. The molecule has 0 aromatic heterocycles. The highest BCUT2D eigenvalue weighted by molar-refractivity contribution is 4.68. The van der Waals surface area contributed by atoms with Crippen molar-refractivity contribution in [3.05, 3.63) is 0 Å². The molecule has 64 valence electrons. The number of nitriles is 1. The number of unbranched alkanes of at least 4 members (excludes halogenated alkanes) is 2. The first kappa shape index (κ1) is 10.4. The van der Waals surface area contributed by atoms with Crippen LogP contribution < -0.4 is 0 Å². The molecule has 0 aliphatic heterocycles. The lowest BCUT2D eigenvalue weighted by molar-refractivity contribution is 0.219. The molecule has 0 bridgehead atoms. The smallest absolute Gasteiger partial charge is 0.0621 e. The van der Waals surface area contributed by atoms with E-state index in [4.69, 9.17) is 10.4 Å². The first-order valence-electron chi connectivity index (χ1n) is 3.97. The maximum atomic E-state index is 8.55. The largest absolute Gasteiger partial charge is 0.395 e. The molecular formula is C8H16N2O. The summed E-state index contributed by atoms with van der Waals surface area (Å²) in [4.78, 5) is 2.07. The lowest BCUT2D eigenvalue weighted by atomic mass is 10.2. The lowest BCUT2D eigenvalue weighted by Crippen LogP contribution is -2.23. The zero-order valence-electron chi connectivity index (χ0n) is 7.08. The van der Waals surface area contributed by atoms with E-state index in [2.05, 4.69) is 11.0 Å². The molecule has 0 rings (SSSR count). The van der Waals surface area contributed by atoms with E-state index >= 15 is 0 Å². The van der Waals surface area contributed by atoms with Crippen molar-refractivity contribution in [3.63, 3.8) is 0 Å². The zero-order valence-corrected chi connectivity index (χ0v) is 7.08. The van der Waals surface area contributed by atoms with Gasteiger partial charge >= 0.3 is 0 Å². The predicted molar refractivity (Wildman–Crippen MR) is 44.0 cm³/mol. The second-order valence-electron chi connectivity index (χ2n) is 2.64. The van der Waals surface area contributed by atoms with Crippen LogP contribution in [0.25, 0.3) is 0 Å². The minimum atomic E-state index is 0.217. The average molecular weight is 156 g/mol. The molecule has 11 heavy (non-hydrogen) atoms. The Hall–Kier alpha value is -0.590. The minimum absolute atomic E-state index is 0.217. The molecule has 0 atom stereocenters. The Morgan fingerprint density at radius 2 is 2.09 bits per heavy atom. The highest BCUT2D eigenvalue weighted by atomic mass is 16.3. The molecule has 0 saturated carbocycles. The fourth-order valence-electron chi connectivity index (χ4n) is 0.868. The summed E-state index contributed by atoms with van der Waals surface area (Å²) < 4.78 is 0. The van der Waals surface area contributed by atoms with Gasteiger partial charge in [0.15, 0.2) is 0 Å². The van der Waals surface area contributed by atoms with Crippen molar-refractivity contribution in [2.24, 2.45) is 0 Å². The van der Waals surface area contributed by atoms with E-state index in [-0.39, 0.29) is 6.61 Å². The van der Waals surface area contributed by atoms with Gasteiger partial charge in [0.25, 0.3) is 0 Å². The van der Waals surface area contributed by atoms with Gasteiger partial charge in [-0.2, -0.15) is 5.26 Å². The number of aliphatic hydroxyl groups excluding tert-OH is 1. The SMILES string of the molecule is CN(CCO)CCCCC#N. The van der Waals surface area contributed by atoms with E-state index < -0.39 is 0 Å². The maximum Gasteiger partial charge on any atom is 0.0621 e. The molecule has 0 fully saturated rings.